The van der Waals surface area contributed by atoms with E-state index in [1.54, 1.807) is 0 Å². The number of aliphatic hydroxyl groups is 1. The molecule has 0 aromatic rings. The Kier molecular flexibility index (Phi) is 5.44. The summed E-state index contributed by atoms with van der Waals surface area (Å²) in [5.74, 6) is 0.913. The molecule has 0 unspecified atom stereocenters. The van der Waals surface area contributed by atoms with Gasteiger partial charge in [-0.05, 0) is 55.3 Å². The van der Waals surface area contributed by atoms with Gasteiger partial charge in [0.25, 0.3) is 0 Å². The summed E-state index contributed by atoms with van der Waals surface area (Å²) in [6.07, 6.45) is 4.02. The van der Waals surface area contributed by atoms with Gasteiger partial charge in [-0.25, -0.2) is 0 Å². The lowest BCUT2D eigenvalue weighted by Crippen LogP contribution is -2.41. The molecule has 0 heterocycles. The van der Waals surface area contributed by atoms with Crippen LogP contribution in [0.15, 0.2) is 11.6 Å². The van der Waals surface area contributed by atoms with Crippen LogP contribution in [0.1, 0.15) is 47.5 Å². The molecular weight excluding hydrogens is 252 g/mol. The molecule has 3 atom stereocenters. The highest BCUT2D eigenvalue weighted by Crippen LogP contribution is 2.37. The fourth-order valence-corrected chi connectivity index (χ4v) is 3.44. The summed E-state index contributed by atoms with van der Waals surface area (Å²) in [5.41, 5.74) is 1.14. The Labute approximate surface area is 120 Å². The molecule has 0 aliphatic heterocycles. The first-order valence-electron chi connectivity index (χ1n) is 7.55. The van der Waals surface area contributed by atoms with Gasteiger partial charge >= 0.3 is 0 Å². The molecule has 0 saturated carbocycles. The molecule has 1 aliphatic carbocycles. The molecule has 0 bridgehead atoms. The largest absolute Gasteiger partial charge is 0.417 e. The molecular formula is C16H32O2Si. The smallest absolute Gasteiger partial charge is 0.191 e. The highest BCUT2D eigenvalue weighted by atomic mass is 28.4. The Bertz CT molecular complexity index is 328. The molecule has 1 N–H and O–H groups in total. The van der Waals surface area contributed by atoms with Crippen LogP contribution in [-0.4, -0.2) is 26.1 Å². The Morgan fingerprint density at radius 2 is 2.00 bits per heavy atom. The first kappa shape index (κ1) is 16.9. The van der Waals surface area contributed by atoms with E-state index >= 15 is 0 Å². The van der Waals surface area contributed by atoms with Crippen molar-refractivity contribution in [2.24, 2.45) is 11.8 Å². The molecule has 0 spiro atoms. The van der Waals surface area contributed by atoms with E-state index in [1.807, 2.05) is 6.92 Å². The molecule has 0 saturated heterocycles. The van der Waals surface area contributed by atoms with E-state index in [0.29, 0.717) is 11.8 Å². The minimum absolute atomic E-state index is 0.233. The first-order chi connectivity index (χ1) is 8.56. The van der Waals surface area contributed by atoms with Crippen molar-refractivity contribution in [3.63, 3.8) is 0 Å². The third kappa shape index (κ3) is 4.17. The molecule has 0 aromatic carbocycles. The van der Waals surface area contributed by atoms with E-state index in [4.69, 9.17) is 4.43 Å². The number of rotatable bonds is 5. The standard InChI is InChI=1S/C16H32O2Si/c1-12(14-9-8-13(2)15(14)17)10-11-18-19(6,7)16(3,4)5/h8,12,14-15,17H,9-11H2,1-7H3/t12-,14+,15+/m0/s1. The van der Waals surface area contributed by atoms with E-state index in [0.717, 1.165) is 25.0 Å². The van der Waals surface area contributed by atoms with Crippen molar-refractivity contribution in [2.75, 3.05) is 6.61 Å². The lowest BCUT2D eigenvalue weighted by molar-refractivity contribution is 0.109. The normalized spacial score (nSPS) is 26.4. The monoisotopic (exact) mass is 284 g/mol. The first-order valence-corrected chi connectivity index (χ1v) is 10.5. The van der Waals surface area contributed by atoms with Crippen LogP contribution in [0, 0.1) is 11.8 Å². The molecule has 0 aromatic heterocycles. The lowest BCUT2D eigenvalue weighted by atomic mass is 9.87. The van der Waals surface area contributed by atoms with Crippen molar-refractivity contribution >= 4 is 8.32 Å². The van der Waals surface area contributed by atoms with E-state index < -0.39 is 8.32 Å². The quantitative estimate of drug-likeness (QED) is 0.600. The summed E-state index contributed by atoms with van der Waals surface area (Å²) in [5, 5.41) is 10.4. The zero-order chi connectivity index (χ0) is 14.8. The van der Waals surface area contributed by atoms with Gasteiger partial charge < -0.3 is 9.53 Å². The van der Waals surface area contributed by atoms with Gasteiger partial charge in [-0.2, -0.15) is 0 Å². The number of allylic oxidation sites excluding steroid dienone is 1. The molecule has 112 valence electrons. The van der Waals surface area contributed by atoms with Gasteiger partial charge in [0.05, 0.1) is 6.10 Å². The molecule has 1 aliphatic rings. The summed E-state index contributed by atoms with van der Waals surface area (Å²) in [7, 11) is -1.62. The van der Waals surface area contributed by atoms with Crippen molar-refractivity contribution in [1.82, 2.24) is 0 Å². The van der Waals surface area contributed by atoms with E-state index in [2.05, 4.69) is 46.9 Å². The van der Waals surface area contributed by atoms with Gasteiger partial charge in [-0.3, -0.25) is 0 Å². The lowest BCUT2D eigenvalue weighted by Gasteiger charge is -2.36. The molecule has 0 amide bonds. The number of hydrogen-bond acceptors (Lipinski definition) is 2. The van der Waals surface area contributed by atoms with Crippen LogP contribution in [-0.2, 0) is 4.43 Å². The molecule has 3 heteroatoms. The second kappa shape index (κ2) is 6.11. The van der Waals surface area contributed by atoms with E-state index in [-0.39, 0.29) is 11.1 Å². The second-order valence-electron chi connectivity index (χ2n) is 7.67. The van der Waals surface area contributed by atoms with Crippen molar-refractivity contribution in [3.05, 3.63) is 11.6 Å². The van der Waals surface area contributed by atoms with Crippen LogP contribution < -0.4 is 0 Å². The number of hydrogen-bond donors (Lipinski definition) is 1. The Hall–Kier alpha value is -0.123. The third-order valence-corrected chi connectivity index (χ3v) is 9.70. The molecule has 1 rings (SSSR count). The predicted octanol–water partition coefficient (Wildman–Crippen LogP) is 4.36. The van der Waals surface area contributed by atoms with Gasteiger partial charge in [0.1, 0.15) is 0 Å². The van der Waals surface area contributed by atoms with Crippen molar-refractivity contribution < 1.29 is 9.53 Å². The molecule has 19 heavy (non-hydrogen) atoms. The van der Waals surface area contributed by atoms with Gasteiger partial charge in [0.15, 0.2) is 8.32 Å². The van der Waals surface area contributed by atoms with E-state index in [9.17, 15) is 5.11 Å². The van der Waals surface area contributed by atoms with Crippen molar-refractivity contribution in [1.29, 1.82) is 0 Å². The van der Waals surface area contributed by atoms with E-state index in [1.165, 1.54) is 0 Å². The summed E-state index contributed by atoms with van der Waals surface area (Å²) in [6.45, 7) is 16.5. The second-order valence-corrected chi connectivity index (χ2v) is 12.5. The zero-order valence-corrected chi connectivity index (χ0v) is 14.8. The van der Waals surface area contributed by atoms with Gasteiger partial charge in [0.2, 0.25) is 0 Å². The highest BCUT2D eigenvalue weighted by molar-refractivity contribution is 6.74. The van der Waals surface area contributed by atoms with Gasteiger partial charge in [0, 0.05) is 6.61 Å². The topological polar surface area (TPSA) is 29.5 Å². The maximum atomic E-state index is 10.1. The van der Waals surface area contributed by atoms with Gasteiger partial charge in [-0.1, -0.05) is 33.8 Å². The summed E-state index contributed by atoms with van der Waals surface area (Å²) >= 11 is 0. The SMILES string of the molecule is CC1=CC[C@H]([C@@H](C)CCO[Si](C)(C)C(C)(C)C)[C@@H]1O. The maximum Gasteiger partial charge on any atom is 0.191 e. The minimum Gasteiger partial charge on any atom is -0.417 e. The predicted molar refractivity (Wildman–Crippen MR) is 84.8 cm³/mol. The van der Waals surface area contributed by atoms with Crippen LogP contribution in [0.25, 0.3) is 0 Å². The Morgan fingerprint density at radius 3 is 2.42 bits per heavy atom. The van der Waals surface area contributed by atoms with Crippen molar-refractivity contribution in [2.45, 2.75) is 71.7 Å². The fourth-order valence-electron chi connectivity index (χ4n) is 2.38. The highest BCUT2D eigenvalue weighted by Gasteiger charge is 2.37. The number of aliphatic hydroxyl groups excluding tert-OH is 1. The van der Waals surface area contributed by atoms with Crippen molar-refractivity contribution in [3.8, 4) is 0 Å². The summed E-state index contributed by atoms with van der Waals surface area (Å²) in [6, 6.07) is 0. The molecule has 0 radical (unpaired) electrons. The molecule has 0 fully saturated rings. The van der Waals surface area contributed by atoms with Crippen LogP contribution in [0.4, 0.5) is 0 Å². The zero-order valence-electron chi connectivity index (χ0n) is 13.8. The van der Waals surface area contributed by atoms with Crippen LogP contribution in [0.2, 0.25) is 18.1 Å². The third-order valence-electron chi connectivity index (χ3n) is 5.16. The maximum absolute atomic E-state index is 10.1. The van der Waals surface area contributed by atoms with Crippen LogP contribution in [0.3, 0.4) is 0 Å². The summed E-state index contributed by atoms with van der Waals surface area (Å²) < 4.78 is 6.23. The fraction of sp³-hybridized carbons (Fsp3) is 0.875. The Balaban J connectivity index is 2.38. The minimum atomic E-state index is -1.62. The average molecular weight is 285 g/mol. The Morgan fingerprint density at radius 1 is 1.42 bits per heavy atom. The summed E-state index contributed by atoms with van der Waals surface area (Å²) in [4.78, 5) is 0. The van der Waals surface area contributed by atoms with Crippen LogP contribution >= 0.6 is 0 Å². The average Bonchev–Trinajstić information content (AvgIpc) is 2.57. The van der Waals surface area contributed by atoms with Crippen LogP contribution in [0.5, 0.6) is 0 Å². The molecule has 2 nitrogen and oxygen atoms in total. The van der Waals surface area contributed by atoms with Gasteiger partial charge in [-0.15, -0.1) is 0 Å².